The van der Waals surface area contributed by atoms with Crippen LogP contribution in [0.4, 0.5) is 5.69 Å². The average Bonchev–Trinajstić information content (AvgIpc) is 3.57. The van der Waals surface area contributed by atoms with Gasteiger partial charge in [0.1, 0.15) is 11.9 Å². The molecule has 0 saturated carbocycles. The number of ether oxygens (including phenoxy) is 2. The lowest BCUT2D eigenvalue weighted by molar-refractivity contribution is -0.117. The fourth-order valence-corrected chi connectivity index (χ4v) is 4.49. The Morgan fingerprint density at radius 1 is 1.09 bits per heavy atom. The Morgan fingerprint density at radius 2 is 1.97 bits per heavy atom. The summed E-state index contributed by atoms with van der Waals surface area (Å²) in [6.07, 6.45) is 4.12. The first-order valence-corrected chi connectivity index (χ1v) is 12.1. The van der Waals surface area contributed by atoms with E-state index < -0.39 is 0 Å². The van der Waals surface area contributed by atoms with E-state index in [2.05, 4.69) is 4.98 Å². The molecule has 2 amide bonds. The van der Waals surface area contributed by atoms with E-state index in [-0.39, 0.29) is 17.9 Å². The van der Waals surface area contributed by atoms with E-state index in [0.29, 0.717) is 38.2 Å². The van der Waals surface area contributed by atoms with Crippen LogP contribution in [0, 0.1) is 0 Å². The van der Waals surface area contributed by atoms with Crippen LogP contribution in [-0.4, -0.2) is 47.6 Å². The van der Waals surface area contributed by atoms with Crippen LogP contribution in [0.3, 0.4) is 0 Å². The van der Waals surface area contributed by atoms with Gasteiger partial charge in [-0.2, -0.15) is 0 Å². The first-order valence-electron chi connectivity index (χ1n) is 12.1. The fourth-order valence-electron chi connectivity index (χ4n) is 4.49. The molecule has 1 aromatic heterocycles. The molecule has 0 unspecified atom stereocenters. The molecule has 0 aliphatic carbocycles. The largest absolute Gasteiger partial charge is 0.488 e. The van der Waals surface area contributed by atoms with Crippen molar-refractivity contribution in [1.29, 1.82) is 0 Å². The molecule has 0 bridgehead atoms. The van der Waals surface area contributed by atoms with Gasteiger partial charge >= 0.3 is 0 Å². The number of anilines is 1. The standard InChI is InChI=1S/C28H29N3O4/c32-27-8-4-15-31(27)24-7-3-5-22(17-24)28(33)30(19-23-6-1-2-14-29-23)18-21-9-11-25(12-10-21)35-26-13-16-34-20-26/h1-3,5-7,9-12,14,17,26H,4,8,13,15-16,18-20H2/t26-/m1/s1. The summed E-state index contributed by atoms with van der Waals surface area (Å²) in [4.78, 5) is 33.8. The first-order chi connectivity index (χ1) is 17.2. The Balaban J connectivity index is 1.35. The van der Waals surface area contributed by atoms with Crippen molar-refractivity contribution in [3.8, 4) is 5.75 Å². The smallest absolute Gasteiger partial charge is 0.254 e. The summed E-state index contributed by atoms with van der Waals surface area (Å²) >= 11 is 0. The molecule has 0 radical (unpaired) electrons. The van der Waals surface area contributed by atoms with Gasteiger partial charge in [-0.15, -0.1) is 0 Å². The zero-order chi connectivity index (χ0) is 24.0. The molecule has 2 saturated heterocycles. The summed E-state index contributed by atoms with van der Waals surface area (Å²) in [5, 5.41) is 0. The molecule has 3 heterocycles. The van der Waals surface area contributed by atoms with Gasteiger partial charge in [0.05, 0.1) is 25.5 Å². The van der Waals surface area contributed by atoms with Crippen molar-refractivity contribution < 1.29 is 19.1 Å². The molecular weight excluding hydrogens is 442 g/mol. The van der Waals surface area contributed by atoms with Crippen molar-refractivity contribution in [2.45, 2.75) is 38.5 Å². The molecule has 7 heteroatoms. The molecule has 0 N–H and O–H groups in total. The third kappa shape index (κ3) is 5.69. The van der Waals surface area contributed by atoms with Gasteiger partial charge < -0.3 is 19.3 Å². The summed E-state index contributed by atoms with van der Waals surface area (Å²) in [6.45, 7) is 2.85. The van der Waals surface area contributed by atoms with E-state index in [1.165, 1.54) is 0 Å². The number of carbonyl (C=O) groups excluding carboxylic acids is 2. The topological polar surface area (TPSA) is 72.0 Å². The first kappa shape index (κ1) is 23.1. The highest BCUT2D eigenvalue weighted by Crippen LogP contribution is 2.24. The van der Waals surface area contributed by atoms with Gasteiger partial charge in [0.15, 0.2) is 0 Å². The van der Waals surface area contributed by atoms with Gasteiger partial charge in [-0.25, -0.2) is 0 Å². The average molecular weight is 472 g/mol. The van der Waals surface area contributed by atoms with Crippen molar-refractivity contribution in [2.75, 3.05) is 24.7 Å². The molecule has 2 aromatic carbocycles. The minimum absolute atomic E-state index is 0.0952. The number of hydrogen-bond acceptors (Lipinski definition) is 5. The monoisotopic (exact) mass is 471 g/mol. The summed E-state index contributed by atoms with van der Waals surface area (Å²) in [6, 6.07) is 20.9. The fraction of sp³-hybridized carbons (Fsp3) is 0.321. The molecule has 2 fully saturated rings. The lowest BCUT2D eigenvalue weighted by Crippen LogP contribution is -2.31. The Bertz CT molecular complexity index is 1160. The third-order valence-corrected chi connectivity index (χ3v) is 6.33. The van der Waals surface area contributed by atoms with Crippen LogP contribution in [0.15, 0.2) is 72.9 Å². The van der Waals surface area contributed by atoms with Gasteiger partial charge in [-0.1, -0.05) is 24.3 Å². The lowest BCUT2D eigenvalue weighted by Gasteiger charge is -2.24. The number of benzene rings is 2. The van der Waals surface area contributed by atoms with Crippen molar-refractivity contribution in [3.05, 3.63) is 89.7 Å². The normalized spacial score (nSPS) is 17.5. The zero-order valence-corrected chi connectivity index (χ0v) is 19.6. The van der Waals surface area contributed by atoms with E-state index in [9.17, 15) is 9.59 Å². The number of pyridine rings is 1. The van der Waals surface area contributed by atoms with E-state index >= 15 is 0 Å². The Morgan fingerprint density at radius 3 is 2.69 bits per heavy atom. The number of aromatic nitrogens is 1. The molecule has 2 aliphatic heterocycles. The highest BCUT2D eigenvalue weighted by Gasteiger charge is 2.24. The number of rotatable bonds is 8. The molecule has 5 rings (SSSR count). The predicted molar refractivity (Wildman–Crippen MR) is 132 cm³/mol. The maximum atomic E-state index is 13.7. The second kappa shape index (κ2) is 10.7. The molecule has 3 aromatic rings. The van der Waals surface area contributed by atoms with Crippen LogP contribution in [0.25, 0.3) is 0 Å². The Kier molecular flexibility index (Phi) is 7.04. The molecule has 180 valence electrons. The van der Waals surface area contributed by atoms with Gasteiger partial charge in [0, 0.05) is 43.4 Å². The second-order valence-corrected chi connectivity index (χ2v) is 8.93. The Hall–Kier alpha value is -3.71. The van der Waals surface area contributed by atoms with Gasteiger partial charge in [-0.3, -0.25) is 14.6 Å². The highest BCUT2D eigenvalue weighted by molar-refractivity contribution is 5.99. The van der Waals surface area contributed by atoms with Crippen LogP contribution in [0.1, 0.15) is 40.9 Å². The maximum absolute atomic E-state index is 13.7. The molecule has 7 nitrogen and oxygen atoms in total. The van der Waals surface area contributed by atoms with E-state index in [4.69, 9.17) is 9.47 Å². The summed E-state index contributed by atoms with van der Waals surface area (Å²) in [7, 11) is 0. The SMILES string of the molecule is O=C(c1cccc(N2CCCC2=O)c1)N(Cc1ccc(O[C@@H]2CCOC2)cc1)Cc1ccccn1. The minimum Gasteiger partial charge on any atom is -0.488 e. The molecule has 2 aliphatic rings. The zero-order valence-electron chi connectivity index (χ0n) is 19.6. The number of nitrogens with zero attached hydrogens (tertiary/aromatic N) is 3. The summed E-state index contributed by atoms with van der Waals surface area (Å²) in [5.74, 6) is 0.800. The highest BCUT2D eigenvalue weighted by atomic mass is 16.5. The summed E-state index contributed by atoms with van der Waals surface area (Å²) < 4.78 is 11.4. The van der Waals surface area contributed by atoms with Gasteiger partial charge in [0.25, 0.3) is 5.91 Å². The van der Waals surface area contributed by atoms with Crippen LogP contribution >= 0.6 is 0 Å². The molecule has 1 atom stereocenters. The van der Waals surface area contributed by atoms with Crippen LogP contribution < -0.4 is 9.64 Å². The Labute approximate surface area is 205 Å². The van der Waals surface area contributed by atoms with Gasteiger partial charge in [-0.05, 0) is 54.4 Å². The molecular formula is C28H29N3O4. The van der Waals surface area contributed by atoms with E-state index in [1.54, 1.807) is 22.1 Å². The molecule has 35 heavy (non-hydrogen) atoms. The van der Waals surface area contributed by atoms with E-state index in [0.717, 1.165) is 42.1 Å². The van der Waals surface area contributed by atoms with Gasteiger partial charge in [0.2, 0.25) is 5.91 Å². The second-order valence-electron chi connectivity index (χ2n) is 8.93. The van der Waals surface area contributed by atoms with Crippen molar-refractivity contribution in [3.63, 3.8) is 0 Å². The van der Waals surface area contributed by atoms with Crippen molar-refractivity contribution in [1.82, 2.24) is 9.88 Å². The lowest BCUT2D eigenvalue weighted by atomic mass is 10.1. The van der Waals surface area contributed by atoms with Crippen LogP contribution in [-0.2, 0) is 22.6 Å². The minimum atomic E-state index is -0.104. The summed E-state index contributed by atoms with van der Waals surface area (Å²) in [5.41, 5.74) is 3.14. The third-order valence-electron chi connectivity index (χ3n) is 6.33. The van der Waals surface area contributed by atoms with Crippen LogP contribution in [0.2, 0.25) is 0 Å². The quantitative estimate of drug-likeness (QED) is 0.492. The number of carbonyl (C=O) groups is 2. The molecule has 0 spiro atoms. The number of hydrogen-bond donors (Lipinski definition) is 0. The maximum Gasteiger partial charge on any atom is 0.254 e. The number of amides is 2. The predicted octanol–water partition coefficient (Wildman–Crippen LogP) is 4.22. The van der Waals surface area contributed by atoms with Crippen molar-refractivity contribution >= 4 is 17.5 Å². The van der Waals surface area contributed by atoms with E-state index in [1.807, 2.05) is 60.7 Å². The van der Waals surface area contributed by atoms with Crippen LogP contribution in [0.5, 0.6) is 5.75 Å². The van der Waals surface area contributed by atoms with Crippen molar-refractivity contribution in [2.24, 2.45) is 0 Å².